The van der Waals surface area contributed by atoms with E-state index in [1.807, 2.05) is 6.07 Å². The van der Waals surface area contributed by atoms with Gasteiger partial charge in [0.25, 0.3) is 0 Å². The molecule has 14 heavy (non-hydrogen) atoms. The summed E-state index contributed by atoms with van der Waals surface area (Å²) < 4.78 is 18.0. The zero-order valence-corrected chi connectivity index (χ0v) is 8.38. The highest BCUT2D eigenvalue weighted by molar-refractivity contribution is 6.22. The van der Waals surface area contributed by atoms with E-state index in [1.165, 1.54) is 12.1 Å². The number of hydrogen-bond acceptors (Lipinski definition) is 2. The maximum atomic E-state index is 12.8. The lowest BCUT2D eigenvalue weighted by molar-refractivity contribution is 0.328. The number of aryl methyl sites for hydroxylation is 1. The van der Waals surface area contributed by atoms with E-state index in [0.29, 0.717) is 11.3 Å². The molecule has 2 nitrogen and oxygen atoms in total. The molecule has 0 saturated carbocycles. The van der Waals surface area contributed by atoms with Gasteiger partial charge in [-0.1, -0.05) is 0 Å². The highest BCUT2D eigenvalue weighted by Gasteiger charge is 2.04. The highest BCUT2D eigenvalue weighted by atomic mass is 35.5. The van der Waals surface area contributed by atoms with E-state index < -0.39 is 5.38 Å². The third kappa shape index (κ3) is 2.90. The van der Waals surface area contributed by atoms with Crippen LogP contribution in [0.1, 0.15) is 5.56 Å². The molecule has 1 aromatic rings. The van der Waals surface area contributed by atoms with E-state index in [1.54, 1.807) is 13.0 Å². The van der Waals surface area contributed by atoms with Crippen LogP contribution in [0.25, 0.3) is 0 Å². The Hall–Kier alpha value is -1.27. The van der Waals surface area contributed by atoms with E-state index in [0.717, 1.165) is 0 Å². The summed E-state index contributed by atoms with van der Waals surface area (Å²) in [7, 11) is 0. The molecule has 1 aromatic carbocycles. The largest absolute Gasteiger partial charge is 0.491 e. The molecule has 0 N–H and O–H groups in total. The Balaban J connectivity index is 2.61. The van der Waals surface area contributed by atoms with Crippen molar-refractivity contribution in [1.82, 2.24) is 0 Å². The van der Waals surface area contributed by atoms with Gasteiger partial charge in [0, 0.05) is 0 Å². The monoisotopic (exact) mass is 213 g/mol. The quantitative estimate of drug-likeness (QED) is 0.724. The number of nitriles is 1. The van der Waals surface area contributed by atoms with Crippen molar-refractivity contribution < 1.29 is 9.13 Å². The van der Waals surface area contributed by atoms with Gasteiger partial charge in [-0.2, -0.15) is 5.26 Å². The van der Waals surface area contributed by atoms with Crippen molar-refractivity contribution in [2.45, 2.75) is 12.3 Å². The van der Waals surface area contributed by atoms with Crippen molar-refractivity contribution in [2.24, 2.45) is 0 Å². The van der Waals surface area contributed by atoms with Crippen LogP contribution in [0, 0.1) is 24.1 Å². The topological polar surface area (TPSA) is 33.0 Å². The Kier molecular flexibility index (Phi) is 3.73. The first-order chi connectivity index (χ1) is 6.63. The van der Waals surface area contributed by atoms with Gasteiger partial charge >= 0.3 is 0 Å². The minimum absolute atomic E-state index is 0.100. The van der Waals surface area contributed by atoms with Crippen LogP contribution >= 0.6 is 11.6 Å². The van der Waals surface area contributed by atoms with Crippen molar-refractivity contribution in [3.8, 4) is 11.8 Å². The van der Waals surface area contributed by atoms with Crippen LogP contribution < -0.4 is 4.74 Å². The Labute approximate surface area is 86.9 Å². The molecule has 74 valence electrons. The van der Waals surface area contributed by atoms with Crippen molar-refractivity contribution in [1.29, 1.82) is 5.26 Å². The van der Waals surface area contributed by atoms with Crippen molar-refractivity contribution in [3.63, 3.8) is 0 Å². The van der Waals surface area contributed by atoms with E-state index in [-0.39, 0.29) is 12.4 Å². The normalized spacial score (nSPS) is 11.9. The molecule has 0 amide bonds. The second-order valence-corrected chi connectivity index (χ2v) is 3.35. The molecule has 1 unspecified atom stereocenters. The zero-order chi connectivity index (χ0) is 10.6. The molecule has 0 aliphatic heterocycles. The fraction of sp³-hybridized carbons (Fsp3) is 0.300. The molecule has 1 atom stereocenters. The van der Waals surface area contributed by atoms with Crippen LogP contribution in [0.15, 0.2) is 18.2 Å². The van der Waals surface area contributed by atoms with Crippen LogP contribution in [-0.2, 0) is 0 Å². The predicted octanol–water partition coefficient (Wildman–Crippen LogP) is 2.64. The molecular weight excluding hydrogens is 205 g/mol. The van der Waals surface area contributed by atoms with Gasteiger partial charge in [-0.25, -0.2) is 4.39 Å². The second-order valence-electron chi connectivity index (χ2n) is 2.82. The maximum Gasteiger partial charge on any atom is 0.154 e. The van der Waals surface area contributed by atoms with E-state index >= 15 is 0 Å². The average Bonchev–Trinajstić information content (AvgIpc) is 2.19. The van der Waals surface area contributed by atoms with Crippen LogP contribution in [0.4, 0.5) is 4.39 Å². The first-order valence-corrected chi connectivity index (χ1v) is 4.49. The lowest BCUT2D eigenvalue weighted by atomic mass is 10.2. The number of ether oxygens (including phenoxy) is 1. The summed E-state index contributed by atoms with van der Waals surface area (Å²) in [6.07, 6.45) is 0. The molecule has 4 heteroatoms. The molecule has 0 saturated heterocycles. The van der Waals surface area contributed by atoms with Crippen molar-refractivity contribution in [2.75, 3.05) is 6.61 Å². The summed E-state index contributed by atoms with van der Waals surface area (Å²) in [5, 5.41) is 7.71. The number of halogens is 2. The number of hydrogen-bond donors (Lipinski definition) is 0. The molecule has 0 bridgehead atoms. The Morgan fingerprint density at radius 3 is 2.93 bits per heavy atom. The lowest BCUT2D eigenvalue weighted by Gasteiger charge is -2.06. The van der Waals surface area contributed by atoms with Crippen LogP contribution in [0.2, 0.25) is 0 Å². The molecule has 0 radical (unpaired) electrons. The summed E-state index contributed by atoms with van der Waals surface area (Å²) in [6.45, 7) is 1.74. The summed E-state index contributed by atoms with van der Waals surface area (Å²) in [5.41, 5.74) is 0.505. The minimum atomic E-state index is -0.680. The fourth-order valence-electron chi connectivity index (χ4n) is 0.914. The molecule has 1 rings (SSSR count). The van der Waals surface area contributed by atoms with Gasteiger partial charge < -0.3 is 4.74 Å². The maximum absolute atomic E-state index is 12.8. The van der Waals surface area contributed by atoms with Gasteiger partial charge in [0.05, 0.1) is 6.07 Å². The van der Waals surface area contributed by atoms with E-state index in [9.17, 15) is 4.39 Å². The van der Waals surface area contributed by atoms with Gasteiger partial charge in [-0.3, -0.25) is 0 Å². The van der Waals surface area contributed by atoms with Crippen LogP contribution in [0.5, 0.6) is 5.75 Å². The Morgan fingerprint density at radius 2 is 2.36 bits per heavy atom. The molecule has 0 aliphatic rings. The van der Waals surface area contributed by atoms with Gasteiger partial charge in [-0.05, 0) is 30.7 Å². The summed E-state index contributed by atoms with van der Waals surface area (Å²) in [5.74, 6) is 0.241. The fourth-order valence-corrected chi connectivity index (χ4v) is 0.977. The number of benzene rings is 1. The number of alkyl halides is 1. The minimum Gasteiger partial charge on any atom is -0.491 e. The number of nitrogens with zero attached hydrogens (tertiary/aromatic N) is 1. The lowest BCUT2D eigenvalue weighted by Crippen LogP contribution is -2.09. The van der Waals surface area contributed by atoms with Crippen LogP contribution in [-0.4, -0.2) is 12.0 Å². The van der Waals surface area contributed by atoms with Gasteiger partial charge in [0.1, 0.15) is 18.2 Å². The SMILES string of the molecule is Cc1cc(OCC(Cl)C#N)ccc1F. The van der Waals surface area contributed by atoms with Crippen molar-refractivity contribution in [3.05, 3.63) is 29.6 Å². The molecule has 0 heterocycles. The molecule has 0 fully saturated rings. The number of rotatable bonds is 3. The van der Waals surface area contributed by atoms with Gasteiger partial charge in [0.2, 0.25) is 0 Å². The Morgan fingerprint density at radius 1 is 1.64 bits per heavy atom. The summed E-state index contributed by atoms with van der Waals surface area (Å²) in [4.78, 5) is 0. The first kappa shape index (κ1) is 10.8. The summed E-state index contributed by atoms with van der Waals surface area (Å²) >= 11 is 5.53. The third-order valence-electron chi connectivity index (χ3n) is 1.67. The second kappa shape index (κ2) is 4.83. The average molecular weight is 214 g/mol. The molecule has 0 aromatic heterocycles. The molecule has 0 spiro atoms. The van der Waals surface area contributed by atoms with Gasteiger partial charge in [-0.15, -0.1) is 11.6 Å². The van der Waals surface area contributed by atoms with E-state index in [2.05, 4.69) is 0 Å². The molecule has 0 aliphatic carbocycles. The summed E-state index contributed by atoms with van der Waals surface area (Å²) in [6, 6.07) is 6.22. The first-order valence-electron chi connectivity index (χ1n) is 4.06. The van der Waals surface area contributed by atoms with Crippen molar-refractivity contribution >= 4 is 11.6 Å². The van der Waals surface area contributed by atoms with Crippen LogP contribution in [0.3, 0.4) is 0 Å². The van der Waals surface area contributed by atoms with Gasteiger partial charge in [0.15, 0.2) is 5.38 Å². The zero-order valence-electron chi connectivity index (χ0n) is 7.63. The molecular formula is C10H9ClFNO. The van der Waals surface area contributed by atoms with E-state index in [4.69, 9.17) is 21.6 Å². The third-order valence-corrected chi connectivity index (χ3v) is 1.89. The standard InChI is InChI=1S/C10H9ClFNO/c1-7-4-9(2-3-10(7)12)14-6-8(11)5-13/h2-4,8H,6H2,1H3. The highest BCUT2D eigenvalue weighted by Crippen LogP contribution is 2.16. The predicted molar refractivity (Wildman–Crippen MR) is 51.9 cm³/mol. The smallest absolute Gasteiger partial charge is 0.154 e. The Bertz CT molecular complexity index is 362.